The number of methoxy groups -OCH3 is 3. The number of rotatable bonds is 43. The number of aliphatic hydroxyl groups is 2. The Morgan fingerprint density at radius 1 is 0.517 bits per heavy atom. The van der Waals surface area contributed by atoms with Gasteiger partial charge in [0.05, 0.1) is 89.2 Å². The van der Waals surface area contributed by atoms with E-state index in [-0.39, 0.29) is 123 Å². The molecule has 18 atom stereocenters. The first-order valence-corrected chi connectivity index (χ1v) is 41.4. The van der Waals surface area contributed by atoms with Gasteiger partial charge in [-0.1, -0.05) is 60.8 Å². The molecule has 0 bridgehead atoms. The van der Waals surface area contributed by atoms with Crippen LogP contribution in [-0.2, 0) is 81.4 Å². The highest BCUT2D eigenvalue weighted by Gasteiger charge is 2.54. The summed E-state index contributed by atoms with van der Waals surface area (Å²) in [5, 5.41) is 49.9. The maximum atomic E-state index is 15.4. The van der Waals surface area contributed by atoms with E-state index in [9.17, 15) is 63.0 Å². The standard InChI is InChI=1S/C88H115N11O21/c1-48-32-72(120-99-48)84(112)98-70(44-100)83(111)97-69(40-55-23-30-71(116-11)63(35-55)62-16-12-14-58(62)41-66(76(104)88(8)47-119-88)94-81(109)68(37-52-21-28-61(115-10)29-22-52)96-78(106)50(3)91-79(107)59-15-13-31-89-43-59)82(110)93-65(75(103)87(7)46-118-87)39-54-18-25-57(34-54)56-24-17-53(33-56)38-64(74(102)86(6)45-117-86)92-80(108)67(36-51-19-26-60(114-9)27-20-51)95-77(105)49(2)90-73(101)42-85(4,5)113/h13,15,19-23,26-32,35,43,49-50,53-54,56-58,62,64-70,100,113H,12,14,16-18,24-25,33-34,36-42,44-47H2,1-11H3,(H,90,101)(H,91,107)(H,92,108)(H,93,110)(H,94,109)(H,95,105)(H,96,106)(H,97,111)(H,98,112). The summed E-state index contributed by atoms with van der Waals surface area (Å²) in [5.41, 5.74) is -1.72. The summed E-state index contributed by atoms with van der Waals surface area (Å²) in [4.78, 5) is 175. The Kier molecular flexibility index (Phi) is 29.6. The average molecular weight is 1660 g/mol. The second kappa shape index (κ2) is 39.3. The van der Waals surface area contributed by atoms with Crippen molar-refractivity contribution in [2.45, 2.75) is 241 Å². The molecule has 648 valence electrons. The minimum absolute atomic E-state index is 0.00300. The van der Waals surface area contributed by atoms with Crippen LogP contribution in [0, 0.1) is 36.5 Å². The first kappa shape index (κ1) is 90.2. The first-order valence-electron chi connectivity index (χ1n) is 41.4. The van der Waals surface area contributed by atoms with Crippen LogP contribution in [0.15, 0.2) is 102 Å². The van der Waals surface area contributed by atoms with E-state index in [2.05, 4.69) is 58.0 Å². The maximum Gasteiger partial charge on any atom is 0.290 e. The Balaban J connectivity index is 0.793. The minimum Gasteiger partial charge on any atom is -0.497 e. The van der Waals surface area contributed by atoms with Crippen molar-refractivity contribution in [3.63, 3.8) is 0 Å². The number of hydrogen-bond acceptors (Lipinski definition) is 23. The molecular formula is C88H115N11O21. The van der Waals surface area contributed by atoms with Crippen molar-refractivity contribution in [3.05, 3.63) is 137 Å². The summed E-state index contributed by atoms with van der Waals surface area (Å²) in [7, 11) is 4.56. The third kappa shape index (κ3) is 24.0. The summed E-state index contributed by atoms with van der Waals surface area (Å²) >= 11 is 0. The number of hydrogen-bond donors (Lipinski definition) is 11. The Bertz CT molecular complexity index is 4520. The molecule has 5 aromatic rings. The Labute approximate surface area is 698 Å². The van der Waals surface area contributed by atoms with Gasteiger partial charge >= 0.3 is 0 Å². The predicted octanol–water partition coefficient (Wildman–Crippen LogP) is 4.58. The number of aryl methyl sites for hydroxylation is 1. The summed E-state index contributed by atoms with van der Waals surface area (Å²) in [6.45, 7) is 12.0. The van der Waals surface area contributed by atoms with Gasteiger partial charge < -0.3 is 91.0 Å². The second-order valence-electron chi connectivity index (χ2n) is 34.5. The molecule has 11 N–H and O–H groups in total. The van der Waals surface area contributed by atoms with Crippen LogP contribution >= 0.6 is 0 Å². The molecule has 32 heteroatoms. The van der Waals surface area contributed by atoms with Gasteiger partial charge in [-0.2, -0.15) is 0 Å². The van der Waals surface area contributed by atoms with E-state index in [4.69, 9.17) is 32.9 Å². The molecule has 2 aromatic heterocycles. The van der Waals surface area contributed by atoms with Gasteiger partial charge in [0.25, 0.3) is 11.8 Å². The van der Waals surface area contributed by atoms with Gasteiger partial charge in [0.15, 0.2) is 17.3 Å². The number of Topliss-reactive ketones (excluding diaryl/α,β-unsaturated/α-hetero) is 3. The lowest BCUT2D eigenvalue weighted by atomic mass is 9.81. The molecule has 3 aliphatic carbocycles. The summed E-state index contributed by atoms with van der Waals surface area (Å²) in [5.74, 6) is -6.19. The largest absolute Gasteiger partial charge is 0.497 e. The van der Waals surface area contributed by atoms with Gasteiger partial charge in [-0.3, -0.25) is 62.5 Å². The number of amides is 9. The molecule has 9 amide bonds. The highest BCUT2D eigenvalue weighted by molar-refractivity contribution is 6.02. The summed E-state index contributed by atoms with van der Waals surface area (Å²) < 4.78 is 39.1. The van der Waals surface area contributed by atoms with E-state index in [1.807, 2.05) is 6.07 Å². The number of carbonyl (C=O) groups is 12. The molecule has 3 saturated carbocycles. The number of aliphatic hydroxyl groups excluding tert-OH is 1. The van der Waals surface area contributed by atoms with E-state index in [1.54, 1.807) is 100 Å². The topological polar surface area (TPSA) is 458 Å². The van der Waals surface area contributed by atoms with Crippen LogP contribution in [0.2, 0.25) is 0 Å². The SMILES string of the molecule is COc1ccc(CC(NC(=O)C(C)NC(=O)CC(C)(C)O)C(=O)NC(CC2CCC(C3CCC(CC(NC(=O)C(Cc4ccc(OC)c(C5CCCC5CC(NC(=O)C(Cc5ccc(OC)cc5)NC(=O)C(C)NC(=O)c5cccnc5)C(=O)C5(C)CO5)c4)NC(=O)C(CO)NC(=O)c4cc(C)no4)C(=O)C4(C)CO4)C3)C2)C(=O)C2(C)CO2)cc1. The quantitative estimate of drug-likeness (QED) is 0.0238. The van der Waals surface area contributed by atoms with Crippen molar-refractivity contribution in [3.8, 4) is 17.2 Å². The summed E-state index contributed by atoms with van der Waals surface area (Å²) in [6.07, 6.45) is 9.52. The predicted molar refractivity (Wildman–Crippen MR) is 435 cm³/mol. The molecular weight excluding hydrogens is 1550 g/mol. The van der Waals surface area contributed by atoms with E-state index < -0.39 is 137 Å². The van der Waals surface area contributed by atoms with Crippen LogP contribution < -0.4 is 62.1 Å². The highest BCUT2D eigenvalue weighted by atomic mass is 16.6. The van der Waals surface area contributed by atoms with E-state index in [0.29, 0.717) is 83.7 Å². The van der Waals surface area contributed by atoms with Gasteiger partial charge in [-0.25, -0.2) is 0 Å². The number of nitrogens with zero attached hydrogens (tertiary/aromatic N) is 2. The zero-order chi connectivity index (χ0) is 86.5. The summed E-state index contributed by atoms with van der Waals surface area (Å²) in [6, 6.07) is 12.8. The van der Waals surface area contributed by atoms with Gasteiger partial charge in [0, 0.05) is 37.7 Å². The molecule has 32 nitrogen and oxygen atoms in total. The van der Waals surface area contributed by atoms with Crippen LogP contribution in [0.3, 0.4) is 0 Å². The molecule has 11 rings (SSSR count). The lowest BCUT2D eigenvalue weighted by Crippen LogP contribution is -2.58. The van der Waals surface area contributed by atoms with Crippen LogP contribution in [0.1, 0.15) is 187 Å². The van der Waals surface area contributed by atoms with Crippen LogP contribution in [-0.4, -0.2) is 215 Å². The highest BCUT2D eigenvalue weighted by Crippen LogP contribution is 2.49. The maximum absolute atomic E-state index is 15.4. The van der Waals surface area contributed by atoms with E-state index in [1.165, 1.54) is 67.5 Å². The number of ether oxygens (including phenoxy) is 6. The van der Waals surface area contributed by atoms with Crippen molar-refractivity contribution in [2.75, 3.05) is 47.8 Å². The number of nitrogens with one attached hydrogen (secondary N) is 9. The smallest absolute Gasteiger partial charge is 0.290 e. The van der Waals surface area contributed by atoms with Crippen molar-refractivity contribution >= 4 is 70.5 Å². The molecule has 0 spiro atoms. The Hall–Kier alpha value is -10.5. The number of pyridine rings is 1. The molecule has 0 radical (unpaired) electrons. The van der Waals surface area contributed by atoms with E-state index >= 15 is 4.79 Å². The van der Waals surface area contributed by atoms with Crippen molar-refractivity contribution in [1.29, 1.82) is 0 Å². The molecule has 5 heterocycles. The fourth-order valence-corrected chi connectivity index (χ4v) is 17.0. The van der Waals surface area contributed by atoms with Gasteiger partial charge in [0.1, 0.15) is 70.3 Å². The van der Waals surface area contributed by atoms with Crippen LogP contribution in [0.4, 0.5) is 0 Å². The molecule has 3 saturated heterocycles. The van der Waals surface area contributed by atoms with E-state index in [0.717, 1.165) is 25.7 Å². The van der Waals surface area contributed by atoms with Gasteiger partial charge in [0.2, 0.25) is 47.1 Å². The number of epoxide rings is 3. The molecule has 6 fully saturated rings. The Morgan fingerprint density at radius 3 is 1.40 bits per heavy atom. The number of ketones is 3. The zero-order valence-electron chi connectivity index (χ0n) is 70.1. The van der Waals surface area contributed by atoms with Crippen LogP contribution in [0.25, 0.3) is 0 Å². The van der Waals surface area contributed by atoms with Crippen LogP contribution in [0.5, 0.6) is 17.2 Å². The molecule has 6 aliphatic rings. The molecule has 3 aliphatic heterocycles. The monoisotopic (exact) mass is 1660 g/mol. The Morgan fingerprint density at radius 2 is 0.967 bits per heavy atom. The van der Waals surface area contributed by atoms with Crippen molar-refractivity contribution in [2.24, 2.45) is 29.6 Å². The normalized spacial score (nSPS) is 24.3. The van der Waals surface area contributed by atoms with Crippen molar-refractivity contribution in [1.82, 2.24) is 58.0 Å². The third-order valence-corrected chi connectivity index (χ3v) is 24.3. The first-order chi connectivity index (χ1) is 57.0. The number of aromatic nitrogens is 2. The fraction of sp³-hybridized carbons (Fsp3) is 0.568. The second-order valence-corrected chi connectivity index (χ2v) is 34.5. The van der Waals surface area contributed by atoms with Gasteiger partial charge in [-0.15, -0.1) is 0 Å². The number of carbonyl (C=O) groups excluding carboxylic acids is 12. The zero-order valence-corrected chi connectivity index (χ0v) is 70.1. The average Bonchev–Trinajstić information content (AvgIpc) is 1.65. The van der Waals surface area contributed by atoms with Crippen molar-refractivity contribution < 1.29 is 101 Å². The molecule has 3 aromatic carbocycles. The van der Waals surface area contributed by atoms with Gasteiger partial charge in [-0.05, 0) is 213 Å². The molecule has 120 heavy (non-hydrogen) atoms. The lowest BCUT2D eigenvalue weighted by Gasteiger charge is -2.29. The lowest BCUT2D eigenvalue weighted by molar-refractivity contribution is -0.134. The fourth-order valence-electron chi connectivity index (χ4n) is 17.0. The molecule has 18 unspecified atom stereocenters. The number of benzene rings is 3. The minimum atomic E-state index is -1.61. The third-order valence-electron chi connectivity index (χ3n) is 24.3.